The fourth-order valence-corrected chi connectivity index (χ4v) is 6.83. The van der Waals surface area contributed by atoms with Gasteiger partial charge in [-0.25, -0.2) is 0 Å². The zero-order valence-electron chi connectivity index (χ0n) is 20.3. The number of likely N-dealkylation sites (N-methyl/N-ethyl adjacent to an activating group) is 1. The summed E-state index contributed by atoms with van der Waals surface area (Å²) in [4.78, 5) is 3.10. The predicted molar refractivity (Wildman–Crippen MR) is 129 cm³/mol. The molecule has 0 radical (unpaired) electrons. The second-order valence-electron chi connectivity index (χ2n) is 11.1. The van der Waals surface area contributed by atoms with Crippen LogP contribution in [0.1, 0.15) is 73.7 Å². The van der Waals surface area contributed by atoms with Gasteiger partial charge in [0.1, 0.15) is 32.2 Å². The zero-order valence-corrected chi connectivity index (χ0v) is 20.3. The lowest BCUT2D eigenvalue weighted by atomic mass is 9.83. The predicted octanol–water partition coefficient (Wildman–Crippen LogP) is 0.0337. The summed E-state index contributed by atoms with van der Waals surface area (Å²) in [5.74, 6) is 0.777. The van der Waals surface area contributed by atoms with Crippen LogP contribution in [0.15, 0.2) is 18.2 Å². The third-order valence-corrected chi connectivity index (χ3v) is 8.50. The summed E-state index contributed by atoms with van der Waals surface area (Å²) in [5, 5.41) is 14.6. The molecule has 5 N–H and O–H groups in total. The molecule has 2 aliphatic carbocycles. The van der Waals surface area contributed by atoms with Gasteiger partial charge >= 0.3 is 0 Å². The van der Waals surface area contributed by atoms with Crippen molar-refractivity contribution in [3.8, 4) is 0 Å². The first kappa shape index (κ1) is 22.4. The molecular weight excluding hydrogens is 396 g/mol. The van der Waals surface area contributed by atoms with Gasteiger partial charge in [0.05, 0.1) is 32.9 Å². The van der Waals surface area contributed by atoms with E-state index in [0.29, 0.717) is 6.04 Å². The van der Waals surface area contributed by atoms with Crippen LogP contribution in [0.2, 0.25) is 0 Å². The summed E-state index contributed by atoms with van der Waals surface area (Å²) in [6.07, 6.45) is 10.6. The van der Waals surface area contributed by atoms with Crippen molar-refractivity contribution in [2.24, 2.45) is 0 Å². The number of rotatable bonds is 8. The van der Waals surface area contributed by atoms with Crippen LogP contribution in [0, 0.1) is 0 Å². The lowest BCUT2D eigenvalue weighted by Crippen LogP contribution is -3.15. The maximum absolute atomic E-state index is 10.8. The number of aliphatic hydroxyl groups excluding tert-OH is 1. The first-order chi connectivity index (χ1) is 15.6. The van der Waals surface area contributed by atoms with E-state index in [2.05, 4.69) is 42.2 Å². The molecular formula is C27H45N4O+3. The molecule has 5 rings (SSSR count). The summed E-state index contributed by atoms with van der Waals surface area (Å²) >= 11 is 0. The number of nitrogens with zero attached hydrogens (tertiary/aromatic N) is 1. The maximum Gasteiger partial charge on any atom is 0.151 e. The molecule has 1 aromatic carbocycles. The molecule has 32 heavy (non-hydrogen) atoms. The molecule has 0 spiro atoms. The quantitative estimate of drug-likeness (QED) is 0.430. The van der Waals surface area contributed by atoms with Gasteiger partial charge in [-0.05, 0) is 54.9 Å². The molecule has 0 saturated heterocycles. The fourth-order valence-electron chi connectivity index (χ4n) is 6.83. The van der Waals surface area contributed by atoms with Crippen LogP contribution in [-0.2, 0) is 13.0 Å². The molecule has 5 heteroatoms. The molecule has 1 aromatic heterocycles. The van der Waals surface area contributed by atoms with E-state index in [1.54, 1.807) is 27.1 Å². The molecule has 176 valence electrons. The van der Waals surface area contributed by atoms with Crippen molar-refractivity contribution in [2.45, 2.75) is 76.0 Å². The third kappa shape index (κ3) is 4.50. The Balaban J connectivity index is 1.34. The molecule has 0 bridgehead atoms. The van der Waals surface area contributed by atoms with E-state index < -0.39 is 0 Å². The highest BCUT2D eigenvalue weighted by atomic mass is 16.3. The van der Waals surface area contributed by atoms with Gasteiger partial charge in [0.2, 0.25) is 0 Å². The number of hydrogen-bond donors (Lipinski definition) is 4. The van der Waals surface area contributed by atoms with Crippen LogP contribution in [0.5, 0.6) is 0 Å². The SMILES string of the molecule is C[NH+](C)CC[NH2+]CC(O)C[NH+]1CCn2c3c(c4cc(C5CCCCC5)ccc42)CCCC31. The van der Waals surface area contributed by atoms with Crippen LogP contribution >= 0.6 is 0 Å². The smallest absolute Gasteiger partial charge is 0.151 e. The molecule has 1 saturated carbocycles. The minimum atomic E-state index is -0.207. The highest BCUT2D eigenvalue weighted by Gasteiger charge is 2.38. The first-order valence-corrected chi connectivity index (χ1v) is 13.4. The molecule has 2 aromatic rings. The van der Waals surface area contributed by atoms with Gasteiger partial charge in [-0.3, -0.25) is 0 Å². The molecule has 3 aliphatic rings. The fraction of sp³-hybridized carbons (Fsp3) is 0.704. The van der Waals surface area contributed by atoms with Crippen molar-refractivity contribution in [3.05, 3.63) is 35.0 Å². The topological polar surface area (TPSA) is 50.6 Å². The standard InChI is InChI=1S/C27H42N4O/c1-29(2)14-13-28-18-22(32)19-30-15-16-31-25-12-11-21(20-7-4-3-5-8-20)17-24(25)23-9-6-10-26(30)27(23)31/h11-12,17,20,22,26,28,32H,3-10,13-16,18-19H2,1-2H3/p+3. The number of aliphatic hydroxyl groups is 1. The molecule has 0 amide bonds. The molecule has 5 nitrogen and oxygen atoms in total. The molecule has 3 unspecified atom stereocenters. The number of aromatic nitrogens is 1. The average Bonchev–Trinajstić information content (AvgIpc) is 3.13. The van der Waals surface area contributed by atoms with Gasteiger partial charge in [-0.15, -0.1) is 0 Å². The van der Waals surface area contributed by atoms with Gasteiger partial charge in [-0.1, -0.05) is 25.3 Å². The van der Waals surface area contributed by atoms with Crippen molar-refractivity contribution in [2.75, 3.05) is 46.8 Å². The van der Waals surface area contributed by atoms with Crippen LogP contribution in [-0.4, -0.2) is 62.6 Å². The first-order valence-electron chi connectivity index (χ1n) is 13.4. The molecule has 1 aliphatic heterocycles. The van der Waals surface area contributed by atoms with E-state index in [9.17, 15) is 5.11 Å². The summed E-state index contributed by atoms with van der Waals surface area (Å²) in [5.41, 5.74) is 6.32. The Morgan fingerprint density at radius 3 is 2.81 bits per heavy atom. The van der Waals surface area contributed by atoms with Gasteiger partial charge in [0.15, 0.2) is 6.10 Å². The number of nitrogens with two attached hydrogens (primary N) is 1. The maximum atomic E-state index is 10.8. The number of benzene rings is 1. The van der Waals surface area contributed by atoms with Gasteiger partial charge in [0, 0.05) is 17.3 Å². The number of quaternary nitrogens is 3. The Kier molecular flexibility index (Phi) is 6.89. The van der Waals surface area contributed by atoms with Crippen LogP contribution in [0.3, 0.4) is 0 Å². The van der Waals surface area contributed by atoms with E-state index in [1.807, 2.05) is 0 Å². The second-order valence-corrected chi connectivity index (χ2v) is 11.1. The lowest BCUT2D eigenvalue weighted by molar-refractivity contribution is -0.941. The zero-order chi connectivity index (χ0) is 22.1. The second kappa shape index (κ2) is 9.84. The van der Waals surface area contributed by atoms with Crippen molar-refractivity contribution in [1.29, 1.82) is 0 Å². The monoisotopic (exact) mass is 441 g/mol. The Bertz CT molecular complexity index is 914. The van der Waals surface area contributed by atoms with E-state index in [0.717, 1.165) is 45.2 Å². The van der Waals surface area contributed by atoms with Crippen molar-refractivity contribution in [1.82, 2.24) is 4.57 Å². The number of hydrogen-bond acceptors (Lipinski definition) is 1. The van der Waals surface area contributed by atoms with Crippen molar-refractivity contribution in [3.63, 3.8) is 0 Å². The van der Waals surface area contributed by atoms with E-state index in [-0.39, 0.29) is 6.10 Å². The Morgan fingerprint density at radius 1 is 1.16 bits per heavy atom. The Labute approximate surface area is 193 Å². The van der Waals surface area contributed by atoms with Gasteiger partial charge < -0.3 is 24.8 Å². The molecule has 3 atom stereocenters. The summed E-state index contributed by atoms with van der Waals surface area (Å²) < 4.78 is 2.65. The van der Waals surface area contributed by atoms with E-state index >= 15 is 0 Å². The normalized spacial score (nSPS) is 24.8. The number of nitrogens with one attached hydrogen (secondary N) is 2. The van der Waals surface area contributed by atoms with Crippen LogP contribution < -0.4 is 15.1 Å². The van der Waals surface area contributed by atoms with Crippen molar-refractivity contribution >= 4 is 10.9 Å². The Hall–Kier alpha value is -1.40. The van der Waals surface area contributed by atoms with E-state index in [4.69, 9.17) is 0 Å². The van der Waals surface area contributed by atoms with E-state index in [1.165, 1.54) is 61.8 Å². The lowest BCUT2D eigenvalue weighted by Gasteiger charge is -2.37. The molecule has 2 heterocycles. The van der Waals surface area contributed by atoms with Gasteiger partial charge in [0.25, 0.3) is 0 Å². The summed E-state index contributed by atoms with van der Waals surface area (Å²) in [6, 6.07) is 8.02. The van der Waals surface area contributed by atoms with Crippen LogP contribution in [0.4, 0.5) is 0 Å². The highest BCUT2D eigenvalue weighted by molar-refractivity contribution is 5.87. The van der Waals surface area contributed by atoms with Crippen molar-refractivity contribution < 1.29 is 20.2 Å². The third-order valence-electron chi connectivity index (χ3n) is 8.50. The Morgan fingerprint density at radius 2 is 2.00 bits per heavy atom. The minimum absolute atomic E-state index is 0.207. The summed E-state index contributed by atoms with van der Waals surface area (Å²) in [6.45, 7) is 6.22. The largest absolute Gasteiger partial charge is 0.382 e. The number of fused-ring (bicyclic) bond motifs is 3. The minimum Gasteiger partial charge on any atom is -0.382 e. The number of aryl methyl sites for hydroxylation is 1. The average molecular weight is 442 g/mol. The summed E-state index contributed by atoms with van der Waals surface area (Å²) in [7, 11) is 4.39. The van der Waals surface area contributed by atoms with Crippen LogP contribution in [0.25, 0.3) is 10.9 Å². The van der Waals surface area contributed by atoms with Gasteiger partial charge in [-0.2, -0.15) is 0 Å². The highest BCUT2D eigenvalue weighted by Crippen LogP contribution is 2.40. The molecule has 1 fully saturated rings.